The fourth-order valence-electron chi connectivity index (χ4n) is 4.58. The van der Waals surface area contributed by atoms with Crippen molar-refractivity contribution in [3.8, 4) is 0 Å². The Morgan fingerprint density at radius 3 is 2.77 bits per heavy atom. The molecule has 4 rings (SSSR count). The molecule has 206 valence electrons. The van der Waals surface area contributed by atoms with Gasteiger partial charge in [-0.1, -0.05) is 48.0 Å². The molecular weight excluding hydrogens is 522 g/mol. The van der Waals surface area contributed by atoms with Gasteiger partial charge in [0.05, 0.1) is 17.9 Å². The highest BCUT2D eigenvalue weighted by atomic mass is 35.5. The summed E-state index contributed by atoms with van der Waals surface area (Å²) < 4.78 is 1.68. The van der Waals surface area contributed by atoms with Gasteiger partial charge >= 0.3 is 0 Å². The van der Waals surface area contributed by atoms with Crippen molar-refractivity contribution in [2.45, 2.75) is 51.5 Å². The van der Waals surface area contributed by atoms with Gasteiger partial charge in [0.15, 0.2) is 5.60 Å². The Morgan fingerprint density at radius 1 is 1.23 bits per heavy atom. The van der Waals surface area contributed by atoms with Crippen LogP contribution >= 0.6 is 11.6 Å². The van der Waals surface area contributed by atoms with Crippen molar-refractivity contribution in [3.05, 3.63) is 82.7 Å². The molecule has 0 saturated heterocycles. The fraction of sp³-hybridized carbons (Fsp3) is 0.357. The monoisotopic (exact) mass is 553 g/mol. The summed E-state index contributed by atoms with van der Waals surface area (Å²) in [6, 6.07) is 12.0. The van der Waals surface area contributed by atoms with Gasteiger partial charge in [0, 0.05) is 48.0 Å². The summed E-state index contributed by atoms with van der Waals surface area (Å²) >= 11 is 6.27. The van der Waals surface area contributed by atoms with E-state index in [0.29, 0.717) is 47.0 Å². The number of aryl methyl sites for hydroxylation is 1. The number of hydrogen-bond donors (Lipinski definition) is 4. The molecule has 0 saturated carbocycles. The van der Waals surface area contributed by atoms with Crippen molar-refractivity contribution in [2.24, 2.45) is 5.92 Å². The predicted octanol–water partition coefficient (Wildman–Crippen LogP) is 2.80. The first-order chi connectivity index (χ1) is 18.6. The molecule has 0 bridgehead atoms. The van der Waals surface area contributed by atoms with Gasteiger partial charge in [0.25, 0.3) is 11.8 Å². The summed E-state index contributed by atoms with van der Waals surface area (Å²) in [6.07, 6.45) is 5.38. The average molecular weight is 554 g/mol. The Hall–Kier alpha value is -3.57. The molecule has 10 nitrogen and oxygen atoms in total. The third-order valence-electron chi connectivity index (χ3n) is 6.71. The number of anilines is 2. The van der Waals surface area contributed by atoms with Crippen LogP contribution in [0.15, 0.2) is 60.8 Å². The van der Waals surface area contributed by atoms with Gasteiger partial charge in [0.1, 0.15) is 6.10 Å². The van der Waals surface area contributed by atoms with Gasteiger partial charge in [-0.2, -0.15) is 0 Å². The highest BCUT2D eigenvalue weighted by Crippen LogP contribution is 2.46. The van der Waals surface area contributed by atoms with Crippen LogP contribution in [0, 0.1) is 5.92 Å². The average Bonchev–Trinajstić information content (AvgIpc) is 3.43. The standard InChI is InChI=1S/C28H32ClN5O5/c1-18(6-3-4-12-33-17-23(11-13-35)31-32-33)28(39)24-15-21(29)9-10-25(24)34(27(28)38)16-20-7-5-8-22(14-20)30-26(37)19(2)36/h3,5-10,14-15,17-19,35-36,39H,4,11-13,16H2,1-2H3,(H,30,37)/b6-3+/t18-,19+,28+/m1/s1. The zero-order valence-corrected chi connectivity index (χ0v) is 22.5. The molecule has 1 aliphatic rings. The molecule has 0 fully saturated rings. The van der Waals surface area contributed by atoms with E-state index >= 15 is 0 Å². The molecule has 1 aromatic heterocycles. The normalized spacial score (nSPS) is 18.4. The number of nitrogens with zero attached hydrogens (tertiary/aromatic N) is 4. The maximum Gasteiger partial charge on any atom is 0.264 e. The molecule has 0 aliphatic carbocycles. The van der Waals surface area contributed by atoms with Crippen LogP contribution in [0.2, 0.25) is 5.02 Å². The largest absolute Gasteiger partial charge is 0.396 e. The molecule has 0 spiro atoms. The molecule has 0 radical (unpaired) electrons. The molecule has 1 aliphatic heterocycles. The number of carbonyl (C=O) groups excluding carboxylic acids is 2. The van der Waals surface area contributed by atoms with Crippen LogP contribution in [0.1, 0.15) is 37.1 Å². The van der Waals surface area contributed by atoms with E-state index in [1.165, 1.54) is 11.8 Å². The number of carbonyl (C=O) groups is 2. The van der Waals surface area contributed by atoms with Crippen LogP contribution in [0.25, 0.3) is 0 Å². The molecule has 2 amide bonds. The first kappa shape index (κ1) is 28.4. The number of fused-ring (bicyclic) bond motifs is 1. The SMILES string of the molecule is C[C@H](O)C(=O)Nc1cccc(CN2C(=O)[C@](O)([C@H](C)/C=C/CCn3cc(CCO)nn3)c3cc(Cl)ccc32)c1. The summed E-state index contributed by atoms with van der Waals surface area (Å²) in [5.41, 5.74) is 1.10. The third kappa shape index (κ3) is 6.20. The molecule has 11 heteroatoms. The number of hydrogen-bond acceptors (Lipinski definition) is 7. The Balaban J connectivity index is 1.52. The van der Waals surface area contributed by atoms with Crippen molar-refractivity contribution in [2.75, 3.05) is 16.8 Å². The number of aromatic nitrogens is 3. The molecule has 2 heterocycles. The second kappa shape index (κ2) is 12.1. The van der Waals surface area contributed by atoms with E-state index in [4.69, 9.17) is 16.7 Å². The molecule has 3 atom stereocenters. The smallest absolute Gasteiger partial charge is 0.264 e. The van der Waals surface area contributed by atoms with Gasteiger partial charge in [-0.15, -0.1) is 5.10 Å². The van der Waals surface area contributed by atoms with Gasteiger partial charge in [0.2, 0.25) is 0 Å². The lowest BCUT2D eigenvalue weighted by atomic mass is 9.83. The van der Waals surface area contributed by atoms with E-state index < -0.39 is 29.4 Å². The fourth-order valence-corrected chi connectivity index (χ4v) is 4.75. The minimum atomic E-state index is -1.82. The zero-order valence-electron chi connectivity index (χ0n) is 21.8. The zero-order chi connectivity index (χ0) is 28.2. The van der Waals surface area contributed by atoms with E-state index in [1.807, 2.05) is 18.2 Å². The Morgan fingerprint density at radius 2 is 2.03 bits per heavy atom. The van der Waals surface area contributed by atoms with Crippen molar-refractivity contribution in [1.29, 1.82) is 0 Å². The van der Waals surface area contributed by atoms with E-state index in [1.54, 1.807) is 54.2 Å². The molecule has 2 aromatic carbocycles. The summed E-state index contributed by atoms with van der Waals surface area (Å²) in [7, 11) is 0. The van der Waals surface area contributed by atoms with E-state index in [2.05, 4.69) is 15.6 Å². The van der Waals surface area contributed by atoms with E-state index in [9.17, 15) is 19.8 Å². The summed E-state index contributed by atoms with van der Waals surface area (Å²) in [4.78, 5) is 27.2. The maximum atomic E-state index is 13.8. The number of benzene rings is 2. The number of nitrogens with one attached hydrogen (secondary N) is 1. The van der Waals surface area contributed by atoms with E-state index in [-0.39, 0.29) is 13.2 Å². The minimum absolute atomic E-state index is 0.0101. The lowest BCUT2D eigenvalue weighted by Crippen LogP contribution is -2.44. The van der Waals surface area contributed by atoms with Crippen LogP contribution in [0.3, 0.4) is 0 Å². The summed E-state index contributed by atoms with van der Waals surface area (Å²) in [5.74, 6) is -1.57. The van der Waals surface area contributed by atoms with Crippen molar-refractivity contribution < 1.29 is 24.9 Å². The van der Waals surface area contributed by atoms with Crippen LogP contribution < -0.4 is 10.2 Å². The highest BCUT2D eigenvalue weighted by molar-refractivity contribution is 6.31. The molecule has 39 heavy (non-hydrogen) atoms. The number of halogens is 1. The van der Waals surface area contributed by atoms with Gasteiger partial charge < -0.3 is 25.5 Å². The quantitative estimate of drug-likeness (QED) is 0.268. The molecule has 3 aromatic rings. The summed E-state index contributed by atoms with van der Waals surface area (Å²) in [6.45, 7) is 3.89. The molecule has 4 N–H and O–H groups in total. The van der Waals surface area contributed by atoms with Gasteiger partial charge in [-0.25, -0.2) is 0 Å². The highest BCUT2D eigenvalue weighted by Gasteiger charge is 2.52. The van der Waals surface area contributed by atoms with Crippen LogP contribution in [-0.4, -0.2) is 54.8 Å². The summed E-state index contributed by atoms with van der Waals surface area (Å²) in [5, 5.41) is 41.4. The number of aliphatic hydroxyl groups excluding tert-OH is 2. The Kier molecular flexibility index (Phi) is 8.81. The van der Waals surface area contributed by atoms with Crippen LogP contribution in [0.4, 0.5) is 11.4 Å². The van der Waals surface area contributed by atoms with Crippen molar-refractivity contribution >= 4 is 34.8 Å². The van der Waals surface area contributed by atoms with Crippen LogP contribution in [-0.2, 0) is 34.7 Å². The topological polar surface area (TPSA) is 141 Å². The molecular formula is C28H32ClN5O5. The first-order valence-electron chi connectivity index (χ1n) is 12.7. The molecule has 0 unspecified atom stereocenters. The Labute approximate surface area is 231 Å². The third-order valence-corrected chi connectivity index (χ3v) is 6.94. The first-order valence-corrected chi connectivity index (χ1v) is 13.1. The Bertz CT molecular complexity index is 1370. The number of aliphatic hydroxyl groups is 3. The lowest BCUT2D eigenvalue weighted by Gasteiger charge is -2.27. The number of allylic oxidation sites excluding steroid dienone is 1. The van der Waals surface area contributed by atoms with Crippen molar-refractivity contribution in [1.82, 2.24) is 15.0 Å². The maximum absolute atomic E-state index is 13.8. The number of rotatable bonds is 11. The van der Waals surface area contributed by atoms with E-state index in [0.717, 1.165) is 5.56 Å². The lowest BCUT2D eigenvalue weighted by molar-refractivity contribution is -0.139. The van der Waals surface area contributed by atoms with Gasteiger partial charge in [-0.05, 0) is 49.2 Å². The minimum Gasteiger partial charge on any atom is -0.396 e. The van der Waals surface area contributed by atoms with Crippen molar-refractivity contribution in [3.63, 3.8) is 0 Å². The van der Waals surface area contributed by atoms with Gasteiger partial charge in [-0.3, -0.25) is 14.3 Å². The number of amides is 2. The predicted molar refractivity (Wildman–Crippen MR) is 147 cm³/mol. The second-order valence-corrected chi connectivity index (χ2v) is 10.1. The second-order valence-electron chi connectivity index (χ2n) is 9.64. The van der Waals surface area contributed by atoms with Crippen LogP contribution in [0.5, 0.6) is 0 Å².